The highest BCUT2D eigenvalue weighted by Crippen LogP contribution is 2.20. The minimum Gasteiger partial charge on any atom is -0.393 e. The quantitative estimate of drug-likeness (QED) is 0.775. The van der Waals surface area contributed by atoms with E-state index >= 15 is 0 Å². The molecule has 1 atom stereocenters. The molecule has 1 aromatic carbocycles. The number of nitrogens with one attached hydrogen (secondary N) is 2. The van der Waals surface area contributed by atoms with Crippen molar-refractivity contribution in [3.8, 4) is 0 Å². The molecule has 0 spiro atoms. The summed E-state index contributed by atoms with van der Waals surface area (Å²) in [5.74, 6) is 0. The van der Waals surface area contributed by atoms with Gasteiger partial charge in [0.15, 0.2) is 0 Å². The van der Waals surface area contributed by atoms with Crippen molar-refractivity contribution in [1.29, 1.82) is 0 Å². The van der Waals surface area contributed by atoms with E-state index in [1.165, 1.54) is 0 Å². The molecule has 1 unspecified atom stereocenters. The molecule has 100 valence electrons. The third kappa shape index (κ3) is 5.71. The van der Waals surface area contributed by atoms with Crippen molar-refractivity contribution in [2.45, 2.75) is 26.0 Å². The zero-order valence-electron chi connectivity index (χ0n) is 10.0. The van der Waals surface area contributed by atoms with Crippen molar-refractivity contribution in [3.05, 3.63) is 33.3 Å². The van der Waals surface area contributed by atoms with E-state index in [9.17, 15) is 4.79 Å². The van der Waals surface area contributed by atoms with Crippen LogP contribution in [-0.2, 0) is 6.54 Å². The number of halogens is 2. The van der Waals surface area contributed by atoms with Gasteiger partial charge in [0.05, 0.1) is 6.10 Å². The van der Waals surface area contributed by atoms with Gasteiger partial charge in [-0.25, -0.2) is 4.79 Å². The van der Waals surface area contributed by atoms with Gasteiger partial charge in [-0.15, -0.1) is 0 Å². The second-order valence-corrected chi connectivity index (χ2v) is 5.31. The highest BCUT2D eigenvalue weighted by Gasteiger charge is 2.04. The average molecular weight is 336 g/mol. The predicted molar refractivity (Wildman–Crippen MR) is 75.7 cm³/mol. The normalized spacial score (nSPS) is 12.0. The van der Waals surface area contributed by atoms with Crippen molar-refractivity contribution in [1.82, 2.24) is 10.6 Å². The van der Waals surface area contributed by atoms with Crippen LogP contribution in [0.15, 0.2) is 22.7 Å². The van der Waals surface area contributed by atoms with Crippen molar-refractivity contribution >= 4 is 33.6 Å². The molecule has 0 aliphatic rings. The smallest absolute Gasteiger partial charge is 0.315 e. The number of aliphatic hydroxyl groups excluding tert-OH is 1. The number of hydrogen-bond donors (Lipinski definition) is 3. The van der Waals surface area contributed by atoms with E-state index in [0.717, 1.165) is 10.0 Å². The Morgan fingerprint density at radius 2 is 2.22 bits per heavy atom. The van der Waals surface area contributed by atoms with E-state index in [1.54, 1.807) is 13.0 Å². The van der Waals surface area contributed by atoms with Crippen molar-refractivity contribution in [2.75, 3.05) is 6.54 Å². The number of rotatable bonds is 5. The summed E-state index contributed by atoms with van der Waals surface area (Å²) in [7, 11) is 0. The van der Waals surface area contributed by atoms with Gasteiger partial charge in [-0.2, -0.15) is 0 Å². The molecule has 0 saturated heterocycles. The molecule has 2 amide bonds. The van der Waals surface area contributed by atoms with Gasteiger partial charge in [0.2, 0.25) is 0 Å². The van der Waals surface area contributed by atoms with Gasteiger partial charge in [-0.3, -0.25) is 0 Å². The van der Waals surface area contributed by atoms with Gasteiger partial charge < -0.3 is 15.7 Å². The highest BCUT2D eigenvalue weighted by atomic mass is 79.9. The van der Waals surface area contributed by atoms with Crippen LogP contribution in [0.1, 0.15) is 18.9 Å². The van der Waals surface area contributed by atoms with Crippen LogP contribution in [0, 0.1) is 0 Å². The fraction of sp³-hybridized carbons (Fsp3) is 0.417. The first-order chi connectivity index (χ1) is 8.49. The Labute approximate surface area is 120 Å². The monoisotopic (exact) mass is 334 g/mol. The van der Waals surface area contributed by atoms with E-state index in [2.05, 4.69) is 26.6 Å². The lowest BCUT2D eigenvalue weighted by Crippen LogP contribution is -2.36. The largest absolute Gasteiger partial charge is 0.393 e. The number of amides is 2. The van der Waals surface area contributed by atoms with Crippen LogP contribution in [0.4, 0.5) is 4.79 Å². The Morgan fingerprint density at radius 3 is 2.83 bits per heavy atom. The summed E-state index contributed by atoms with van der Waals surface area (Å²) in [6, 6.07) is 5.23. The van der Waals surface area contributed by atoms with Gasteiger partial charge in [-0.05, 0) is 31.0 Å². The number of carbonyl (C=O) groups excluding carboxylic acids is 1. The molecule has 1 rings (SSSR count). The molecule has 0 bridgehead atoms. The lowest BCUT2D eigenvalue weighted by Gasteiger charge is -2.09. The first kappa shape index (κ1) is 15.3. The Bertz CT molecular complexity index is 413. The summed E-state index contributed by atoms with van der Waals surface area (Å²) in [4.78, 5) is 11.4. The minimum atomic E-state index is -0.411. The number of benzene rings is 1. The summed E-state index contributed by atoms with van der Waals surface area (Å²) in [6.07, 6.45) is 0.123. The summed E-state index contributed by atoms with van der Waals surface area (Å²) < 4.78 is 0.901. The second-order valence-electron chi connectivity index (χ2n) is 3.98. The third-order valence-electron chi connectivity index (χ3n) is 2.30. The van der Waals surface area contributed by atoms with E-state index in [0.29, 0.717) is 24.5 Å². The molecule has 0 aliphatic heterocycles. The zero-order chi connectivity index (χ0) is 13.5. The number of urea groups is 1. The Morgan fingerprint density at radius 1 is 1.50 bits per heavy atom. The molecule has 18 heavy (non-hydrogen) atoms. The molecule has 4 nitrogen and oxygen atoms in total. The predicted octanol–water partition coefficient (Wildman–Crippen LogP) is 2.67. The molecular formula is C12H16BrClN2O2. The average Bonchev–Trinajstić information content (AvgIpc) is 2.27. The topological polar surface area (TPSA) is 61.4 Å². The van der Waals surface area contributed by atoms with Gasteiger partial charge in [-0.1, -0.05) is 33.6 Å². The maximum Gasteiger partial charge on any atom is 0.315 e. The number of carbonyl (C=O) groups is 1. The van der Waals surface area contributed by atoms with E-state index in [4.69, 9.17) is 16.7 Å². The fourth-order valence-electron chi connectivity index (χ4n) is 1.30. The molecule has 0 saturated carbocycles. The van der Waals surface area contributed by atoms with Crippen LogP contribution in [0.3, 0.4) is 0 Å². The molecule has 0 aromatic heterocycles. The Balaban J connectivity index is 2.33. The summed E-state index contributed by atoms with van der Waals surface area (Å²) in [5.41, 5.74) is 0.852. The van der Waals surface area contributed by atoms with Crippen LogP contribution in [0.5, 0.6) is 0 Å². The van der Waals surface area contributed by atoms with Crippen LogP contribution < -0.4 is 10.6 Å². The summed E-state index contributed by atoms with van der Waals surface area (Å²) >= 11 is 9.34. The lowest BCUT2D eigenvalue weighted by atomic mass is 10.2. The molecule has 3 N–H and O–H groups in total. The van der Waals surface area contributed by atoms with Gasteiger partial charge in [0, 0.05) is 22.6 Å². The van der Waals surface area contributed by atoms with Crippen LogP contribution in [0.25, 0.3) is 0 Å². The summed E-state index contributed by atoms with van der Waals surface area (Å²) in [6.45, 7) is 2.49. The van der Waals surface area contributed by atoms with E-state index in [1.807, 2.05) is 12.1 Å². The van der Waals surface area contributed by atoms with Crippen molar-refractivity contribution in [3.63, 3.8) is 0 Å². The number of aliphatic hydroxyl groups is 1. The minimum absolute atomic E-state index is 0.269. The number of hydrogen-bond acceptors (Lipinski definition) is 2. The maximum atomic E-state index is 11.4. The molecule has 0 radical (unpaired) electrons. The first-order valence-corrected chi connectivity index (χ1v) is 6.80. The highest BCUT2D eigenvalue weighted by molar-refractivity contribution is 9.10. The molecule has 0 fully saturated rings. The third-order valence-corrected chi connectivity index (χ3v) is 3.15. The van der Waals surface area contributed by atoms with Crippen molar-refractivity contribution in [2.24, 2.45) is 0 Å². The Kier molecular flexibility index (Phi) is 6.46. The van der Waals surface area contributed by atoms with Gasteiger partial charge in [0.1, 0.15) is 0 Å². The van der Waals surface area contributed by atoms with Gasteiger partial charge >= 0.3 is 6.03 Å². The van der Waals surface area contributed by atoms with E-state index in [-0.39, 0.29) is 6.03 Å². The molecule has 0 aliphatic carbocycles. The van der Waals surface area contributed by atoms with E-state index < -0.39 is 6.10 Å². The molecule has 6 heteroatoms. The maximum absolute atomic E-state index is 11.4. The summed E-state index contributed by atoms with van der Waals surface area (Å²) in [5, 5.41) is 15.0. The van der Waals surface area contributed by atoms with Crippen LogP contribution >= 0.6 is 27.5 Å². The van der Waals surface area contributed by atoms with Crippen molar-refractivity contribution < 1.29 is 9.90 Å². The SMILES string of the molecule is CC(O)CCNC(=O)NCc1ccc(Br)cc1Cl. The Hall–Kier alpha value is -0.780. The van der Waals surface area contributed by atoms with Crippen LogP contribution in [0.2, 0.25) is 5.02 Å². The first-order valence-electron chi connectivity index (χ1n) is 5.62. The molecule has 0 heterocycles. The fourth-order valence-corrected chi connectivity index (χ4v) is 2.04. The molecule has 1 aromatic rings. The van der Waals surface area contributed by atoms with Gasteiger partial charge in [0.25, 0.3) is 0 Å². The van der Waals surface area contributed by atoms with Crippen LogP contribution in [-0.4, -0.2) is 23.8 Å². The zero-order valence-corrected chi connectivity index (χ0v) is 12.4. The lowest BCUT2D eigenvalue weighted by molar-refractivity contribution is 0.183. The second kappa shape index (κ2) is 7.61. The standard InChI is InChI=1S/C12H16BrClN2O2/c1-8(17)4-5-15-12(18)16-7-9-2-3-10(13)6-11(9)14/h2-3,6,8,17H,4-5,7H2,1H3,(H2,15,16,18). The molecular weight excluding hydrogens is 320 g/mol.